The van der Waals surface area contributed by atoms with E-state index in [1.807, 2.05) is 0 Å². The molecule has 2 rings (SSSR count). The Bertz CT molecular complexity index is 596. The zero-order valence-corrected chi connectivity index (χ0v) is 10.2. The molecular formula is C11H9N3O3S. The molecular weight excluding hydrogens is 254 g/mol. The SMILES string of the molecule is Cc1c(NC(=O)c2cscn2)cccc1[N+](=O)[O-]. The highest BCUT2D eigenvalue weighted by Gasteiger charge is 2.15. The predicted octanol–water partition coefficient (Wildman–Crippen LogP) is 2.61. The first-order chi connectivity index (χ1) is 8.59. The van der Waals surface area contributed by atoms with Crippen LogP contribution in [0.15, 0.2) is 29.1 Å². The maximum Gasteiger partial charge on any atom is 0.275 e. The minimum Gasteiger partial charge on any atom is -0.320 e. The Balaban J connectivity index is 2.27. The lowest BCUT2D eigenvalue weighted by molar-refractivity contribution is -0.385. The van der Waals surface area contributed by atoms with Crippen LogP contribution in [0.2, 0.25) is 0 Å². The minimum absolute atomic E-state index is 0.0222. The number of carbonyl (C=O) groups is 1. The van der Waals surface area contributed by atoms with Gasteiger partial charge >= 0.3 is 0 Å². The number of hydrogen-bond donors (Lipinski definition) is 1. The lowest BCUT2D eigenvalue weighted by atomic mass is 10.1. The Morgan fingerprint density at radius 1 is 1.50 bits per heavy atom. The van der Waals surface area contributed by atoms with E-state index in [1.54, 1.807) is 23.9 Å². The van der Waals surface area contributed by atoms with Crippen molar-refractivity contribution in [1.82, 2.24) is 4.98 Å². The molecule has 0 atom stereocenters. The summed E-state index contributed by atoms with van der Waals surface area (Å²) in [7, 11) is 0. The average Bonchev–Trinajstić information content (AvgIpc) is 2.85. The van der Waals surface area contributed by atoms with Crippen molar-refractivity contribution in [2.24, 2.45) is 0 Å². The van der Waals surface area contributed by atoms with Gasteiger partial charge in [0.25, 0.3) is 11.6 Å². The second-order valence-corrected chi connectivity index (χ2v) is 4.25. The van der Waals surface area contributed by atoms with Crippen LogP contribution in [0.25, 0.3) is 0 Å². The van der Waals surface area contributed by atoms with Gasteiger partial charge in [0.05, 0.1) is 21.7 Å². The van der Waals surface area contributed by atoms with Gasteiger partial charge in [-0.25, -0.2) is 4.98 Å². The molecule has 0 bridgehead atoms. The Morgan fingerprint density at radius 3 is 2.89 bits per heavy atom. The molecule has 0 unspecified atom stereocenters. The quantitative estimate of drug-likeness (QED) is 0.681. The smallest absolute Gasteiger partial charge is 0.275 e. The maximum atomic E-state index is 11.8. The van der Waals surface area contributed by atoms with E-state index in [-0.39, 0.29) is 11.6 Å². The van der Waals surface area contributed by atoms with Crippen LogP contribution in [0, 0.1) is 17.0 Å². The van der Waals surface area contributed by atoms with Crippen LogP contribution in [0.5, 0.6) is 0 Å². The van der Waals surface area contributed by atoms with Gasteiger partial charge in [-0.1, -0.05) is 6.07 Å². The van der Waals surface area contributed by atoms with Crippen molar-refractivity contribution in [3.8, 4) is 0 Å². The Kier molecular flexibility index (Phi) is 3.33. The van der Waals surface area contributed by atoms with Crippen LogP contribution in [0.4, 0.5) is 11.4 Å². The van der Waals surface area contributed by atoms with Crippen molar-refractivity contribution < 1.29 is 9.72 Å². The number of amides is 1. The van der Waals surface area contributed by atoms with Gasteiger partial charge in [-0.3, -0.25) is 14.9 Å². The summed E-state index contributed by atoms with van der Waals surface area (Å²) < 4.78 is 0. The second kappa shape index (κ2) is 4.92. The number of nitrogens with one attached hydrogen (secondary N) is 1. The van der Waals surface area contributed by atoms with Crippen molar-refractivity contribution >= 4 is 28.6 Å². The number of rotatable bonds is 3. The van der Waals surface area contributed by atoms with Crippen LogP contribution in [0.3, 0.4) is 0 Å². The molecule has 1 N–H and O–H groups in total. The third kappa shape index (κ3) is 2.35. The van der Waals surface area contributed by atoms with Crippen LogP contribution < -0.4 is 5.32 Å². The molecule has 0 spiro atoms. The van der Waals surface area contributed by atoms with Crippen molar-refractivity contribution in [2.75, 3.05) is 5.32 Å². The summed E-state index contributed by atoms with van der Waals surface area (Å²) in [5, 5.41) is 15.0. The van der Waals surface area contributed by atoms with E-state index in [0.29, 0.717) is 16.9 Å². The van der Waals surface area contributed by atoms with E-state index in [1.165, 1.54) is 23.5 Å². The van der Waals surface area contributed by atoms with Gasteiger partial charge < -0.3 is 5.32 Å². The highest BCUT2D eigenvalue weighted by atomic mass is 32.1. The zero-order chi connectivity index (χ0) is 13.1. The van der Waals surface area contributed by atoms with Crippen molar-refractivity contribution in [2.45, 2.75) is 6.92 Å². The first-order valence-corrected chi connectivity index (χ1v) is 5.97. The molecule has 0 aliphatic rings. The molecule has 2 aromatic rings. The minimum atomic E-state index is -0.478. The normalized spacial score (nSPS) is 10.1. The molecule has 1 aromatic heterocycles. The number of nitro groups is 1. The summed E-state index contributed by atoms with van der Waals surface area (Å²) in [5.74, 6) is -0.375. The van der Waals surface area contributed by atoms with Crippen LogP contribution in [0.1, 0.15) is 16.1 Å². The molecule has 18 heavy (non-hydrogen) atoms. The van der Waals surface area contributed by atoms with Gasteiger partial charge in [-0.15, -0.1) is 11.3 Å². The molecule has 1 heterocycles. The van der Waals surface area contributed by atoms with E-state index in [0.717, 1.165) is 0 Å². The number of nitro benzene ring substituents is 1. The van der Waals surface area contributed by atoms with Gasteiger partial charge in [0.1, 0.15) is 5.69 Å². The number of hydrogen-bond acceptors (Lipinski definition) is 5. The molecule has 1 amide bonds. The summed E-state index contributed by atoms with van der Waals surface area (Å²) in [6.45, 7) is 1.59. The Hall–Kier alpha value is -2.28. The summed E-state index contributed by atoms with van der Waals surface area (Å²) in [6.07, 6.45) is 0. The lowest BCUT2D eigenvalue weighted by Gasteiger charge is -2.06. The molecule has 0 saturated carbocycles. The third-order valence-electron chi connectivity index (χ3n) is 2.42. The number of benzene rings is 1. The topological polar surface area (TPSA) is 85.1 Å². The fourth-order valence-electron chi connectivity index (χ4n) is 1.47. The number of nitrogens with zero attached hydrogens (tertiary/aromatic N) is 2. The molecule has 7 heteroatoms. The molecule has 1 aromatic carbocycles. The fourth-order valence-corrected chi connectivity index (χ4v) is 2.00. The van der Waals surface area contributed by atoms with Gasteiger partial charge in [-0.05, 0) is 13.0 Å². The molecule has 0 fully saturated rings. The maximum absolute atomic E-state index is 11.8. The van der Waals surface area contributed by atoms with Crippen molar-refractivity contribution in [3.05, 3.63) is 50.5 Å². The van der Waals surface area contributed by atoms with E-state index in [4.69, 9.17) is 0 Å². The molecule has 0 aliphatic heterocycles. The van der Waals surface area contributed by atoms with Crippen LogP contribution in [-0.4, -0.2) is 15.8 Å². The number of thiazole rings is 1. The summed E-state index contributed by atoms with van der Waals surface area (Å²) in [6, 6.07) is 4.54. The monoisotopic (exact) mass is 263 g/mol. The van der Waals surface area contributed by atoms with Crippen LogP contribution >= 0.6 is 11.3 Å². The van der Waals surface area contributed by atoms with Crippen LogP contribution in [-0.2, 0) is 0 Å². The van der Waals surface area contributed by atoms with Gasteiger partial charge in [0.15, 0.2) is 0 Å². The highest BCUT2D eigenvalue weighted by molar-refractivity contribution is 7.07. The number of aromatic nitrogens is 1. The van der Waals surface area contributed by atoms with E-state index >= 15 is 0 Å². The van der Waals surface area contributed by atoms with Crippen molar-refractivity contribution in [3.63, 3.8) is 0 Å². The van der Waals surface area contributed by atoms with Gasteiger partial charge in [-0.2, -0.15) is 0 Å². The standard InChI is InChI=1S/C11H9N3O3S/c1-7-8(3-2-4-10(7)14(16)17)13-11(15)9-5-18-6-12-9/h2-6H,1H3,(H,13,15). The largest absolute Gasteiger partial charge is 0.320 e. The zero-order valence-electron chi connectivity index (χ0n) is 9.41. The Morgan fingerprint density at radius 2 is 2.28 bits per heavy atom. The van der Waals surface area contributed by atoms with E-state index in [2.05, 4.69) is 10.3 Å². The first kappa shape index (κ1) is 12.2. The number of anilines is 1. The third-order valence-corrected chi connectivity index (χ3v) is 3.00. The van der Waals surface area contributed by atoms with E-state index in [9.17, 15) is 14.9 Å². The summed E-state index contributed by atoms with van der Waals surface area (Å²) >= 11 is 1.31. The lowest BCUT2D eigenvalue weighted by Crippen LogP contribution is -2.13. The average molecular weight is 263 g/mol. The van der Waals surface area contributed by atoms with Gasteiger partial charge in [0.2, 0.25) is 0 Å². The summed E-state index contributed by atoms with van der Waals surface area (Å²) in [5.41, 5.74) is 2.67. The van der Waals surface area contributed by atoms with Gasteiger partial charge in [0, 0.05) is 11.4 Å². The second-order valence-electron chi connectivity index (χ2n) is 3.53. The van der Waals surface area contributed by atoms with E-state index < -0.39 is 4.92 Å². The molecule has 6 nitrogen and oxygen atoms in total. The molecule has 0 saturated heterocycles. The predicted molar refractivity (Wildman–Crippen MR) is 67.9 cm³/mol. The first-order valence-electron chi connectivity index (χ1n) is 5.03. The molecule has 0 aliphatic carbocycles. The number of carbonyl (C=O) groups excluding carboxylic acids is 1. The molecule has 0 radical (unpaired) electrons. The Labute approximate surface area is 106 Å². The fraction of sp³-hybridized carbons (Fsp3) is 0.0909. The van der Waals surface area contributed by atoms with Crippen molar-refractivity contribution in [1.29, 1.82) is 0 Å². The highest BCUT2D eigenvalue weighted by Crippen LogP contribution is 2.25. The molecule has 92 valence electrons. The summed E-state index contributed by atoms with van der Waals surface area (Å²) in [4.78, 5) is 25.9.